The van der Waals surface area contributed by atoms with Gasteiger partial charge < -0.3 is 9.64 Å². The molecule has 2 heterocycles. The highest BCUT2D eigenvalue weighted by molar-refractivity contribution is 8.00. The zero-order valence-corrected chi connectivity index (χ0v) is 11.9. The van der Waals surface area contributed by atoms with Crippen molar-refractivity contribution < 1.29 is 9.53 Å². The molecule has 2 rings (SSSR count). The number of piperidine rings is 1. The van der Waals surface area contributed by atoms with Gasteiger partial charge in [-0.15, -0.1) is 0 Å². The summed E-state index contributed by atoms with van der Waals surface area (Å²) in [5.74, 6) is 1.30. The molecule has 0 saturated carbocycles. The van der Waals surface area contributed by atoms with Crippen LogP contribution in [0.15, 0.2) is 0 Å². The van der Waals surface area contributed by atoms with Gasteiger partial charge in [-0.3, -0.25) is 0 Å². The average molecular weight is 257 g/mol. The molecule has 4 heteroatoms. The zero-order chi connectivity index (χ0) is 12.5. The van der Waals surface area contributed by atoms with Gasteiger partial charge in [0.25, 0.3) is 0 Å². The van der Waals surface area contributed by atoms with E-state index in [1.807, 2.05) is 25.7 Å². The third kappa shape index (κ3) is 3.30. The van der Waals surface area contributed by atoms with E-state index >= 15 is 0 Å². The van der Waals surface area contributed by atoms with Crippen molar-refractivity contribution in [2.45, 2.75) is 56.8 Å². The molecule has 2 fully saturated rings. The summed E-state index contributed by atoms with van der Waals surface area (Å²) < 4.78 is 5.89. The van der Waals surface area contributed by atoms with Gasteiger partial charge in [0.2, 0.25) is 0 Å². The lowest BCUT2D eigenvalue weighted by Crippen LogP contribution is -2.46. The van der Waals surface area contributed by atoms with Crippen LogP contribution >= 0.6 is 11.8 Å². The van der Waals surface area contributed by atoms with Gasteiger partial charge in [0, 0.05) is 17.8 Å². The van der Waals surface area contributed by atoms with Crippen molar-refractivity contribution in [3.05, 3.63) is 0 Å². The van der Waals surface area contributed by atoms with Gasteiger partial charge in [0.15, 0.2) is 0 Å². The molecule has 2 aliphatic heterocycles. The van der Waals surface area contributed by atoms with Gasteiger partial charge >= 0.3 is 6.09 Å². The lowest BCUT2D eigenvalue weighted by atomic mass is 9.92. The highest BCUT2D eigenvalue weighted by atomic mass is 32.2. The molecule has 0 aromatic carbocycles. The van der Waals surface area contributed by atoms with Crippen LogP contribution in [0.25, 0.3) is 0 Å². The van der Waals surface area contributed by atoms with Crippen molar-refractivity contribution in [3.8, 4) is 0 Å². The maximum Gasteiger partial charge on any atom is 0.410 e. The molecule has 0 aliphatic carbocycles. The quantitative estimate of drug-likeness (QED) is 0.667. The Bertz CT molecular complexity index is 282. The van der Waals surface area contributed by atoms with Crippen LogP contribution in [0.5, 0.6) is 0 Å². The molecular weight excluding hydrogens is 234 g/mol. The molecule has 1 amide bonds. The van der Waals surface area contributed by atoms with Crippen LogP contribution in [0.1, 0.15) is 46.5 Å². The summed E-state index contributed by atoms with van der Waals surface area (Å²) >= 11 is 2.11. The minimum absolute atomic E-state index is 0.143. The molecule has 2 saturated heterocycles. The van der Waals surface area contributed by atoms with E-state index in [2.05, 4.69) is 11.8 Å². The van der Waals surface area contributed by atoms with E-state index in [4.69, 9.17) is 4.74 Å². The third-order valence-electron chi connectivity index (χ3n) is 3.51. The fourth-order valence-corrected chi connectivity index (χ4v) is 4.05. The molecule has 1 spiro atoms. The van der Waals surface area contributed by atoms with E-state index < -0.39 is 0 Å². The first kappa shape index (κ1) is 13.1. The number of hydrogen-bond donors (Lipinski definition) is 0. The number of thioether (sulfide) groups is 1. The zero-order valence-electron chi connectivity index (χ0n) is 11.1. The Hall–Kier alpha value is -0.380. The Labute approximate surface area is 108 Å². The summed E-state index contributed by atoms with van der Waals surface area (Å²) in [4.78, 5) is 13.8. The van der Waals surface area contributed by atoms with Crippen molar-refractivity contribution in [2.75, 3.05) is 18.8 Å². The number of likely N-dealkylation sites (tertiary alicyclic amines) is 1. The summed E-state index contributed by atoms with van der Waals surface area (Å²) in [7, 11) is 0. The van der Waals surface area contributed by atoms with E-state index in [-0.39, 0.29) is 11.7 Å². The van der Waals surface area contributed by atoms with Crippen molar-refractivity contribution in [1.29, 1.82) is 0 Å². The third-order valence-corrected chi connectivity index (χ3v) is 5.23. The second-order valence-corrected chi connectivity index (χ2v) is 7.67. The topological polar surface area (TPSA) is 29.5 Å². The standard InChI is InChI=1S/C13H23NO2S/c1-12(2,3)16-11(15)14-8-6-13(7-9-14)5-4-10-17-13/h4-10H2,1-3H3. The number of carbonyl (C=O) groups excluding carboxylic acids is 1. The summed E-state index contributed by atoms with van der Waals surface area (Å²) in [6.45, 7) is 7.49. The lowest BCUT2D eigenvalue weighted by Gasteiger charge is -2.39. The van der Waals surface area contributed by atoms with Crippen LogP contribution in [0.3, 0.4) is 0 Å². The van der Waals surface area contributed by atoms with Crippen LogP contribution in [-0.4, -0.2) is 40.2 Å². The Morgan fingerprint density at radius 2 is 1.88 bits per heavy atom. The first-order valence-corrected chi connectivity index (χ1v) is 7.51. The van der Waals surface area contributed by atoms with Crippen LogP contribution in [-0.2, 0) is 4.74 Å². The monoisotopic (exact) mass is 257 g/mol. The molecule has 98 valence electrons. The van der Waals surface area contributed by atoms with Crippen LogP contribution in [0.4, 0.5) is 4.79 Å². The molecule has 0 bridgehead atoms. The predicted molar refractivity (Wildman–Crippen MR) is 71.5 cm³/mol. The number of carbonyl (C=O) groups is 1. The van der Waals surface area contributed by atoms with Gasteiger partial charge in [0.1, 0.15) is 5.60 Å². The van der Waals surface area contributed by atoms with Gasteiger partial charge in [-0.05, 0) is 52.2 Å². The number of hydrogen-bond acceptors (Lipinski definition) is 3. The summed E-state index contributed by atoms with van der Waals surface area (Å²) in [6, 6.07) is 0. The second-order valence-electron chi connectivity index (χ2n) is 6.10. The van der Waals surface area contributed by atoms with E-state index in [9.17, 15) is 4.79 Å². The molecule has 3 nitrogen and oxygen atoms in total. The van der Waals surface area contributed by atoms with Gasteiger partial charge in [-0.25, -0.2) is 4.79 Å². The fourth-order valence-electron chi connectivity index (χ4n) is 2.57. The van der Waals surface area contributed by atoms with Crippen molar-refractivity contribution >= 4 is 17.9 Å². The number of ether oxygens (including phenoxy) is 1. The Morgan fingerprint density at radius 3 is 2.35 bits per heavy atom. The highest BCUT2D eigenvalue weighted by Crippen LogP contribution is 2.45. The fraction of sp³-hybridized carbons (Fsp3) is 0.923. The Kier molecular flexibility index (Phi) is 3.62. The largest absolute Gasteiger partial charge is 0.444 e. The number of amides is 1. The minimum atomic E-state index is -0.381. The van der Waals surface area contributed by atoms with Gasteiger partial charge in [-0.1, -0.05) is 0 Å². The molecule has 17 heavy (non-hydrogen) atoms. The molecule has 0 atom stereocenters. The molecular formula is C13H23NO2S. The van der Waals surface area contributed by atoms with Crippen molar-refractivity contribution in [1.82, 2.24) is 4.90 Å². The molecule has 0 aromatic rings. The molecule has 0 radical (unpaired) electrons. The Morgan fingerprint density at radius 1 is 1.24 bits per heavy atom. The molecule has 0 unspecified atom stereocenters. The van der Waals surface area contributed by atoms with E-state index in [0.717, 1.165) is 25.9 Å². The number of nitrogens with zero attached hydrogens (tertiary/aromatic N) is 1. The first-order chi connectivity index (χ1) is 7.90. The van der Waals surface area contributed by atoms with Crippen molar-refractivity contribution in [3.63, 3.8) is 0 Å². The van der Waals surface area contributed by atoms with Gasteiger partial charge in [0.05, 0.1) is 0 Å². The van der Waals surface area contributed by atoms with Crippen LogP contribution < -0.4 is 0 Å². The maximum atomic E-state index is 11.9. The minimum Gasteiger partial charge on any atom is -0.444 e. The van der Waals surface area contributed by atoms with Crippen LogP contribution in [0.2, 0.25) is 0 Å². The van der Waals surface area contributed by atoms with Gasteiger partial charge in [-0.2, -0.15) is 11.8 Å². The summed E-state index contributed by atoms with van der Waals surface area (Å²) in [5, 5.41) is 0. The average Bonchev–Trinajstić information content (AvgIpc) is 2.65. The number of rotatable bonds is 0. The Balaban J connectivity index is 1.84. The SMILES string of the molecule is CC(C)(C)OC(=O)N1CCC2(CCCS2)CC1. The van der Waals surface area contributed by atoms with Crippen LogP contribution in [0, 0.1) is 0 Å². The summed E-state index contributed by atoms with van der Waals surface area (Å²) in [5.41, 5.74) is -0.381. The second kappa shape index (κ2) is 4.71. The summed E-state index contributed by atoms with van der Waals surface area (Å²) in [6.07, 6.45) is 4.81. The molecule has 2 aliphatic rings. The van der Waals surface area contributed by atoms with E-state index in [0.29, 0.717) is 4.75 Å². The van der Waals surface area contributed by atoms with E-state index in [1.54, 1.807) is 0 Å². The van der Waals surface area contributed by atoms with E-state index in [1.165, 1.54) is 18.6 Å². The molecule has 0 N–H and O–H groups in total. The lowest BCUT2D eigenvalue weighted by molar-refractivity contribution is 0.0196. The highest BCUT2D eigenvalue weighted by Gasteiger charge is 2.39. The van der Waals surface area contributed by atoms with Crippen molar-refractivity contribution in [2.24, 2.45) is 0 Å². The molecule has 0 aromatic heterocycles. The predicted octanol–water partition coefficient (Wildman–Crippen LogP) is 3.28. The maximum absolute atomic E-state index is 11.9. The first-order valence-electron chi connectivity index (χ1n) is 6.52. The smallest absolute Gasteiger partial charge is 0.410 e. The normalized spacial score (nSPS) is 24.1.